The molecular formula is C25H31N3O2. The number of amides is 2. The van der Waals surface area contributed by atoms with E-state index in [0.717, 1.165) is 30.9 Å². The minimum absolute atomic E-state index is 0.0483. The van der Waals surface area contributed by atoms with E-state index in [1.165, 1.54) is 31.2 Å². The number of para-hydroxylation sites is 2. The summed E-state index contributed by atoms with van der Waals surface area (Å²) in [7, 11) is 0. The molecule has 1 atom stereocenters. The van der Waals surface area contributed by atoms with Gasteiger partial charge >= 0.3 is 0 Å². The van der Waals surface area contributed by atoms with Crippen LogP contribution in [-0.2, 0) is 16.0 Å². The van der Waals surface area contributed by atoms with E-state index in [1.807, 2.05) is 41.3 Å². The van der Waals surface area contributed by atoms with Crippen LogP contribution in [0.3, 0.4) is 0 Å². The van der Waals surface area contributed by atoms with Crippen LogP contribution in [0.5, 0.6) is 0 Å². The lowest BCUT2D eigenvalue weighted by Gasteiger charge is -2.26. The third kappa shape index (κ3) is 5.02. The van der Waals surface area contributed by atoms with E-state index < -0.39 is 0 Å². The lowest BCUT2D eigenvalue weighted by Crippen LogP contribution is -2.30. The highest BCUT2D eigenvalue weighted by molar-refractivity contribution is 5.99. The maximum absolute atomic E-state index is 13.0. The van der Waals surface area contributed by atoms with Gasteiger partial charge in [-0.15, -0.1) is 0 Å². The maximum Gasteiger partial charge on any atom is 0.229 e. The number of rotatable bonds is 6. The number of nitrogens with one attached hydrogen (secondary N) is 1. The Morgan fingerprint density at radius 3 is 2.40 bits per heavy atom. The van der Waals surface area contributed by atoms with Gasteiger partial charge in [-0.25, -0.2) is 0 Å². The van der Waals surface area contributed by atoms with Gasteiger partial charge in [0.15, 0.2) is 0 Å². The van der Waals surface area contributed by atoms with E-state index in [2.05, 4.69) is 28.4 Å². The molecule has 1 unspecified atom stereocenters. The molecule has 2 fully saturated rings. The van der Waals surface area contributed by atoms with Gasteiger partial charge in [0.2, 0.25) is 11.8 Å². The Bertz CT molecular complexity index is 860. The summed E-state index contributed by atoms with van der Waals surface area (Å²) in [5.74, 6) is -0.259. The molecule has 30 heavy (non-hydrogen) atoms. The standard InChI is InChI=1S/C25H31N3O2/c29-24-18-21(19-28(24)17-14-20-10-4-3-5-11-20)25(30)26-22-12-6-7-13-23(22)27-15-8-1-2-9-16-27/h3-7,10-13,21H,1-2,8-9,14-19H2,(H,26,30). The van der Waals surface area contributed by atoms with Gasteiger partial charge in [-0.2, -0.15) is 0 Å². The fourth-order valence-electron chi connectivity index (χ4n) is 4.47. The minimum Gasteiger partial charge on any atom is -0.370 e. The summed E-state index contributed by atoms with van der Waals surface area (Å²) >= 11 is 0. The fourth-order valence-corrected chi connectivity index (χ4v) is 4.47. The average molecular weight is 406 g/mol. The van der Waals surface area contributed by atoms with Crippen molar-refractivity contribution >= 4 is 23.2 Å². The van der Waals surface area contributed by atoms with E-state index in [1.54, 1.807) is 0 Å². The van der Waals surface area contributed by atoms with Crippen LogP contribution in [0.1, 0.15) is 37.7 Å². The molecule has 2 heterocycles. The van der Waals surface area contributed by atoms with Gasteiger partial charge in [0.05, 0.1) is 17.3 Å². The predicted molar refractivity (Wildman–Crippen MR) is 121 cm³/mol. The van der Waals surface area contributed by atoms with Crippen LogP contribution < -0.4 is 10.2 Å². The molecule has 2 aliphatic rings. The second-order valence-corrected chi connectivity index (χ2v) is 8.38. The molecule has 5 heteroatoms. The van der Waals surface area contributed by atoms with Crippen molar-refractivity contribution in [2.24, 2.45) is 5.92 Å². The van der Waals surface area contributed by atoms with E-state index in [9.17, 15) is 9.59 Å². The van der Waals surface area contributed by atoms with Crippen LogP contribution >= 0.6 is 0 Å². The summed E-state index contributed by atoms with van der Waals surface area (Å²) in [6.45, 7) is 3.23. The predicted octanol–water partition coefficient (Wildman–Crippen LogP) is 4.10. The average Bonchev–Trinajstić information content (AvgIpc) is 2.96. The third-order valence-corrected chi connectivity index (χ3v) is 6.21. The Balaban J connectivity index is 1.37. The topological polar surface area (TPSA) is 52.7 Å². The van der Waals surface area contributed by atoms with Crippen molar-refractivity contribution in [1.29, 1.82) is 0 Å². The summed E-state index contributed by atoms with van der Waals surface area (Å²) in [6, 6.07) is 18.2. The molecule has 2 saturated heterocycles. The van der Waals surface area contributed by atoms with Crippen LogP contribution in [0.25, 0.3) is 0 Å². The Kier molecular flexibility index (Phi) is 6.67. The zero-order valence-corrected chi connectivity index (χ0v) is 17.6. The molecular weight excluding hydrogens is 374 g/mol. The van der Waals surface area contributed by atoms with E-state index in [-0.39, 0.29) is 17.7 Å². The molecule has 0 saturated carbocycles. The number of nitrogens with zero attached hydrogens (tertiary/aromatic N) is 2. The second kappa shape index (κ2) is 9.79. The van der Waals surface area contributed by atoms with Crippen molar-refractivity contribution in [2.45, 2.75) is 38.5 Å². The fraction of sp³-hybridized carbons (Fsp3) is 0.440. The Labute approximate surface area is 179 Å². The largest absolute Gasteiger partial charge is 0.370 e. The Morgan fingerprint density at radius 1 is 0.933 bits per heavy atom. The number of hydrogen-bond donors (Lipinski definition) is 1. The number of benzene rings is 2. The molecule has 1 N–H and O–H groups in total. The molecule has 4 rings (SSSR count). The maximum atomic E-state index is 13.0. The first-order chi connectivity index (χ1) is 14.7. The normalized spacial score (nSPS) is 19.6. The van der Waals surface area contributed by atoms with Gasteiger partial charge < -0.3 is 15.1 Å². The first-order valence-corrected chi connectivity index (χ1v) is 11.2. The molecule has 2 aromatic rings. The summed E-state index contributed by atoms with van der Waals surface area (Å²) < 4.78 is 0. The van der Waals surface area contributed by atoms with Crippen molar-refractivity contribution in [3.63, 3.8) is 0 Å². The van der Waals surface area contributed by atoms with Crippen molar-refractivity contribution in [2.75, 3.05) is 36.4 Å². The lowest BCUT2D eigenvalue weighted by molar-refractivity contribution is -0.128. The Hall–Kier alpha value is -2.82. The highest BCUT2D eigenvalue weighted by Crippen LogP contribution is 2.29. The minimum atomic E-state index is -0.287. The molecule has 158 valence electrons. The monoisotopic (exact) mass is 405 g/mol. The molecule has 0 aromatic heterocycles. The van der Waals surface area contributed by atoms with Crippen molar-refractivity contribution in [1.82, 2.24) is 4.90 Å². The molecule has 2 aromatic carbocycles. The van der Waals surface area contributed by atoms with Gasteiger partial charge in [0.1, 0.15) is 0 Å². The third-order valence-electron chi connectivity index (χ3n) is 6.21. The summed E-state index contributed by atoms with van der Waals surface area (Å²) in [6.07, 6.45) is 6.04. The number of carbonyl (C=O) groups is 2. The van der Waals surface area contributed by atoms with Gasteiger partial charge in [-0.05, 0) is 37.0 Å². The van der Waals surface area contributed by atoms with Crippen LogP contribution in [0.15, 0.2) is 54.6 Å². The summed E-state index contributed by atoms with van der Waals surface area (Å²) in [5.41, 5.74) is 3.17. The molecule has 5 nitrogen and oxygen atoms in total. The zero-order valence-electron chi connectivity index (χ0n) is 17.6. The quantitative estimate of drug-likeness (QED) is 0.787. The van der Waals surface area contributed by atoms with Gasteiger partial charge in [-0.3, -0.25) is 9.59 Å². The first kappa shape index (κ1) is 20.5. The number of anilines is 2. The number of carbonyl (C=O) groups excluding carboxylic acids is 2. The van der Waals surface area contributed by atoms with E-state index in [4.69, 9.17) is 0 Å². The molecule has 0 bridgehead atoms. The van der Waals surface area contributed by atoms with E-state index >= 15 is 0 Å². The van der Waals surface area contributed by atoms with Crippen molar-refractivity contribution < 1.29 is 9.59 Å². The van der Waals surface area contributed by atoms with Crippen LogP contribution in [-0.4, -0.2) is 42.9 Å². The highest BCUT2D eigenvalue weighted by atomic mass is 16.2. The highest BCUT2D eigenvalue weighted by Gasteiger charge is 2.34. The molecule has 0 spiro atoms. The zero-order chi connectivity index (χ0) is 20.8. The molecule has 0 aliphatic carbocycles. The molecule has 2 aliphatic heterocycles. The van der Waals surface area contributed by atoms with Crippen molar-refractivity contribution in [3.8, 4) is 0 Å². The van der Waals surface area contributed by atoms with E-state index in [0.29, 0.717) is 19.5 Å². The Morgan fingerprint density at radius 2 is 1.63 bits per heavy atom. The summed E-state index contributed by atoms with van der Waals surface area (Å²) in [4.78, 5) is 29.6. The molecule has 0 radical (unpaired) electrons. The SMILES string of the molecule is O=C(Nc1ccccc1N1CCCCCC1)C1CC(=O)N(CCc2ccccc2)C1. The number of hydrogen-bond acceptors (Lipinski definition) is 3. The van der Waals surface area contributed by atoms with Gasteiger partial charge in [0.25, 0.3) is 0 Å². The lowest BCUT2D eigenvalue weighted by atomic mass is 10.1. The van der Waals surface area contributed by atoms with Crippen LogP contribution in [0.4, 0.5) is 11.4 Å². The smallest absolute Gasteiger partial charge is 0.229 e. The second-order valence-electron chi connectivity index (χ2n) is 8.38. The van der Waals surface area contributed by atoms with Gasteiger partial charge in [-0.1, -0.05) is 55.3 Å². The molecule has 2 amide bonds. The van der Waals surface area contributed by atoms with Gasteiger partial charge in [0, 0.05) is 32.6 Å². The number of likely N-dealkylation sites (tertiary alicyclic amines) is 1. The first-order valence-electron chi connectivity index (χ1n) is 11.2. The van der Waals surface area contributed by atoms with Crippen LogP contribution in [0.2, 0.25) is 0 Å². The van der Waals surface area contributed by atoms with Crippen LogP contribution in [0, 0.1) is 5.92 Å². The van der Waals surface area contributed by atoms with Crippen molar-refractivity contribution in [3.05, 3.63) is 60.2 Å². The summed E-state index contributed by atoms with van der Waals surface area (Å²) in [5, 5.41) is 3.13.